The summed E-state index contributed by atoms with van der Waals surface area (Å²) in [5.74, 6) is 0. The van der Waals surface area contributed by atoms with Crippen molar-refractivity contribution in [2.75, 3.05) is 19.6 Å². The molecule has 0 saturated carbocycles. The second-order valence-electron chi connectivity index (χ2n) is 5.03. The molecule has 1 atom stereocenters. The van der Waals surface area contributed by atoms with Gasteiger partial charge >= 0.3 is 0 Å². The van der Waals surface area contributed by atoms with Gasteiger partial charge in [-0.15, -0.1) is 0 Å². The van der Waals surface area contributed by atoms with Gasteiger partial charge in [-0.1, -0.05) is 37.9 Å². The maximum absolute atomic E-state index is 3.60. The van der Waals surface area contributed by atoms with Gasteiger partial charge in [0.15, 0.2) is 0 Å². The van der Waals surface area contributed by atoms with E-state index >= 15 is 0 Å². The summed E-state index contributed by atoms with van der Waals surface area (Å²) in [5, 5.41) is 3.60. The summed E-state index contributed by atoms with van der Waals surface area (Å²) in [6.07, 6.45) is 2.73. The number of nitrogens with zero attached hydrogens (tertiary/aromatic N) is 1. The van der Waals surface area contributed by atoms with Crippen molar-refractivity contribution >= 4 is 31.9 Å². The molecule has 0 amide bonds. The summed E-state index contributed by atoms with van der Waals surface area (Å²) in [4.78, 5) is 2.55. The third-order valence-corrected chi connectivity index (χ3v) is 4.62. The van der Waals surface area contributed by atoms with Gasteiger partial charge in [0.2, 0.25) is 0 Å². The zero-order valence-electron chi connectivity index (χ0n) is 10.8. The van der Waals surface area contributed by atoms with Crippen LogP contribution in [0.4, 0.5) is 0 Å². The predicted molar refractivity (Wildman–Crippen MR) is 83.8 cm³/mol. The van der Waals surface area contributed by atoms with E-state index in [0.29, 0.717) is 6.04 Å². The van der Waals surface area contributed by atoms with Crippen LogP contribution in [0.25, 0.3) is 0 Å². The molecule has 4 heteroatoms. The Hall–Kier alpha value is 0.1000. The fourth-order valence-corrected chi connectivity index (χ4v) is 3.55. The van der Waals surface area contributed by atoms with Crippen LogP contribution in [0.2, 0.25) is 0 Å². The molecule has 0 spiro atoms. The summed E-state index contributed by atoms with van der Waals surface area (Å²) in [5.41, 5.74) is 1.31. The lowest BCUT2D eigenvalue weighted by molar-refractivity contribution is 0.298. The molecule has 1 fully saturated rings. The first-order valence-corrected chi connectivity index (χ1v) is 8.13. The highest BCUT2D eigenvalue weighted by molar-refractivity contribution is 9.11. The van der Waals surface area contributed by atoms with Crippen LogP contribution in [0, 0.1) is 0 Å². The van der Waals surface area contributed by atoms with Crippen molar-refractivity contribution in [3.05, 3.63) is 32.7 Å². The van der Waals surface area contributed by atoms with E-state index in [4.69, 9.17) is 0 Å². The number of rotatable bonds is 5. The zero-order chi connectivity index (χ0) is 13.0. The Balaban J connectivity index is 1.79. The van der Waals surface area contributed by atoms with E-state index in [9.17, 15) is 0 Å². The highest BCUT2D eigenvalue weighted by Gasteiger charge is 2.14. The predicted octanol–water partition coefficient (Wildman–Crippen LogP) is 3.79. The smallest absolute Gasteiger partial charge is 0.0231 e. The molecule has 1 unspecified atom stereocenters. The van der Waals surface area contributed by atoms with E-state index in [1.54, 1.807) is 0 Å². The Bertz CT molecular complexity index is 389. The van der Waals surface area contributed by atoms with Crippen LogP contribution < -0.4 is 5.32 Å². The van der Waals surface area contributed by atoms with E-state index in [-0.39, 0.29) is 0 Å². The van der Waals surface area contributed by atoms with E-state index in [1.807, 2.05) is 0 Å². The molecule has 1 aliphatic rings. The summed E-state index contributed by atoms with van der Waals surface area (Å²) >= 11 is 7.08. The number of likely N-dealkylation sites (tertiary alicyclic amines) is 1. The van der Waals surface area contributed by atoms with Gasteiger partial charge in [-0.2, -0.15) is 0 Å². The fourth-order valence-electron chi connectivity index (χ4n) is 2.37. The molecule has 0 radical (unpaired) electrons. The molecule has 1 saturated heterocycles. The summed E-state index contributed by atoms with van der Waals surface area (Å²) in [6, 6.07) is 6.89. The van der Waals surface area contributed by atoms with Crippen LogP contribution in [0.15, 0.2) is 27.1 Å². The van der Waals surface area contributed by atoms with Crippen molar-refractivity contribution in [2.24, 2.45) is 0 Å². The molecule has 0 aliphatic carbocycles. The summed E-state index contributed by atoms with van der Waals surface area (Å²) < 4.78 is 2.28. The van der Waals surface area contributed by atoms with Crippen LogP contribution in [0.3, 0.4) is 0 Å². The molecule has 0 aromatic heterocycles. The molecular formula is C14H20Br2N2. The molecule has 0 bridgehead atoms. The SMILES string of the molecule is CC(CN1CCCC1)NCc1ccc(Br)cc1Br. The minimum Gasteiger partial charge on any atom is -0.309 e. The van der Waals surface area contributed by atoms with E-state index in [0.717, 1.165) is 22.0 Å². The van der Waals surface area contributed by atoms with Crippen molar-refractivity contribution in [1.29, 1.82) is 0 Å². The second kappa shape index (κ2) is 7.04. The number of halogens is 2. The third-order valence-electron chi connectivity index (χ3n) is 3.39. The molecule has 1 N–H and O–H groups in total. The lowest BCUT2D eigenvalue weighted by Gasteiger charge is -2.21. The number of hydrogen-bond donors (Lipinski definition) is 1. The Kier molecular flexibility index (Phi) is 5.67. The van der Waals surface area contributed by atoms with Crippen molar-refractivity contribution < 1.29 is 0 Å². The molecule has 18 heavy (non-hydrogen) atoms. The quantitative estimate of drug-likeness (QED) is 0.842. The van der Waals surface area contributed by atoms with E-state index in [1.165, 1.54) is 31.5 Å². The Morgan fingerprint density at radius 2 is 2.00 bits per heavy atom. The minimum absolute atomic E-state index is 0.540. The molecule has 2 rings (SSSR count). The first-order chi connectivity index (χ1) is 8.65. The van der Waals surface area contributed by atoms with Gasteiger partial charge in [-0.3, -0.25) is 0 Å². The maximum atomic E-state index is 3.60. The van der Waals surface area contributed by atoms with Gasteiger partial charge in [-0.25, -0.2) is 0 Å². The van der Waals surface area contributed by atoms with Gasteiger partial charge in [0.1, 0.15) is 0 Å². The Labute approximate surface area is 126 Å². The average molecular weight is 376 g/mol. The monoisotopic (exact) mass is 374 g/mol. The van der Waals surface area contributed by atoms with Gasteiger partial charge in [-0.05, 0) is 50.6 Å². The van der Waals surface area contributed by atoms with Crippen LogP contribution in [-0.4, -0.2) is 30.6 Å². The first kappa shape index (κ1) is 14.5. The highest BCUT2D eigenvalue weighted by atomic mass is 79.9. The van der Waals surface area contributed by atoms with Gasteiger partial charge in [0.05, 0.1) is 0 Å². The van der Waals surface area contributed by atoms with Crippen LogP contribution in [0.1, 0.15) is 25.3 Å². The van der Waals surface area contributed by atoms with Crippen LogP contribution in [0.5, 0.6) is 0 Å². The molecule has 2 nitrogen and oxygen atoms in total. The summed E-state index contributed by atoms with van der Waals surface area (Å²) in [7, 11) is 0. The van der Waals surface area contributed by atoms with E-state index in [2.05, 4.69) is 67.2 Å². The molecule has 1 aliphatic heterocycles. The second-order valence-corrected chi connectivity index (χ2v) is 6.80. The normalized spacial score (nSPS) is 18.2. The van der Waals surface area contributed by atoms with Crippen molar-refractivity contribution in [3.8, 4) is 0 Å². The fraction of sp³-hybridized carbons (Fsp3) is 0.571. The summed E-state index contributed by atoms with van der Waals surface area (Å²) in [6.45, 7) is 6.89. The van der Waals surface area contributed by atoms with Crippen molar-refractivity contribution in [3.63, 3.8) is 0 Å². The molecule has 1 heterocycles. The van der Waals surface area contributed by atoms with Crippen LogP contribution in [-0.2, 0) is 6.54 Å². The topological polar surface area (TPSA) is 15.3 Å². The van der Waals surface area contributed by atoms with Crippen molar-refractivity contribution in [1.82, 2.24) is 10.2 Å². The Morgan fingerprint density at radius 1 is 1.28 bits per heavy atom. The molecule has 1 aromatic carbocycles. The third kappa shape index (κ3) is 4.34. The minimum atomic E-state index is 0.540. The number of hydrogen-bond acceptors (Lipinski definition) is 2. The largest absolute Gasteiger partial charge is 0.309 e. The van der Waals surface area contributed by atoms with Crippen molar-refractivity contribution in [2.45, 2.75) is 32.4 Å². The number of nitrogens with one attached hydrogen (secondary N) is 1. The maximum Gasteiger partial charge on any atom is 0.0231 e. The lowest BCUT2D eigenvalue weighted by atomic mass is 10.2. The van der Waals surface area contributed by atoms with Gasteiger partial charge in [0.25, 0.3) is 0 Å². The van der Waals surface area contributed by atoms with Gasteiger partial charge in [0, 0.05) is 28.1 Å². The van der Waals surface area contributed by atoms with Crippen LogP contribution >= 0.6 is 31.9 Å². The standard InChI is InChI=1S/C14H20Br2N2/c1-11(10-18-6-2-3-7-18)17-9-12-4-5-13(15)8-14(12)16/h4-5,8,11,17H,2-3,6-7,9-10H2,1H3. The molecular weight excluding hydrogens is 356 g/mol. The average Bonchev–Trinajstić information content (AvgIpc) is 2.80. The zero-order valence-corrected chi connectivity index (χ0v) is 13.9. The highest BCUT2D eigenvalue weighted by Crippen LogP contribution is 2.21. The van der Waals surface area contributed by atoms with E-state index < -0.39 is 0 Å². The first-order valence-electron chi connectivity index (χ1n) is 6.55. The van der Waals surface area contributed by atoms with Gasteiger partial charge < -0.3 is 10.2 Å². The molecule has 1 aromatic rings. The Morgan fingerprint density at radius 3 is 2.67 bits per heavy atom. The molecule has 100 valence electrons. The lowest BCUT2D eigenvalue weighted by Crippen LogP contribution is -2.37. The number of benzene rings is 1.